The molecule has 0 aliphatic heterocycles. The third-order valence-corrected chi connectivity index (χ3v) is 5.51. The van der Waals surface area contributed by atoms with Gasteiger partial charge in [-0.15, -0.1) is 10.2 Å². The van der Waals surface area contributed by atoms with E-state index in [1.54, 1.807) is 12.1 Å². The Balaban J connectivity index is 1.41. The van der Waals surface area contributed by atoms with Gasteiger partial charge in [0, 0.05) is 16.1 Å². The highest BCUT2D eigenvalue weighted by molar-refractivity contribution is 7.98. The molecule has 28 heavy (non-hydrogen) atoms. The summed E-state index contributed by atoms with van der Waals surface area (Å²) >= 11 is 7.41. The van der Waals surface area contributed by atoms with Crippen LogP contribution in [0.2, 0.25) is 5.02 Å². The molecule has 2 aromatic carbocycles. The molecule has 0 aliphatic rings. The summed E-state index contributed by atoms with van der Waals surface area (Å²) < 4.78 is 5.33. The van der Waals surface area contributed by atoms with Gasteiger partial charge in [0.2, 0.25) is 11.7 Å². The van der Waals surface area contributed by atoms with E-state index in [9.17, 15) is 0 Å². The predicted molar refractivity (Wildman–Crippen MR) is 111 cm³/mol. The maximum absolute atomic E-state index is 5.91. The molecule has 5 nitrogen and oxygen atoms in total. The van der Waals surface area contributed by atoms with Crippen molar-refractivity contribution < 1.29 is 4.52 Å². The average molecular weight is 409 g/mol. The van der Waals surface area contributed by atoms with Gasteiger partial charge in [-0.1, -0.05) is 40.7 Å². The van der Waals surface area contributed by atoms with Crippen molar-refractivity contribution in [2.75, 3.05) is 0 Å². The van der Waals surface area contributed by atoms with Gasteiger partial charge in [-0.3, -0.25) is 0 Å². The van der Waals surface area contributed by atoms with E-state index >= 15 is 0 Å². The summed E-state index contributed by atoms with van der Waals surface area (Å²) in [6.07, 6.45) is 0. The summed E-state index contributed by atoms with van der Waals surface area (Å²) in [5.74, 6) is 1.61. The average Bonchev–Trinajstić information content (AvgIpc) is 3.18. The zero-order valence-electron chi connectivity index (χ0n) is 15.4. The summed E-state index contributed by atoms with van der Waals surface area (Å²) in [7, 11) is 0. The molecule has 4 aromatic rings. The van der Waals surface area contributed by atoms with Crippen LogP contribution in [0, 0.1) is 13.8 Å². The number of nitrogens with zero attached hydrogens (tertiary/aromatic N) is 4. The Kier molecular flexibility index (Phi) is 5.41. The molecule has 0 aliphatic carbocycles. The second-order valence-corrected chi connectivity index (χ2v) is 7.80. The molecule has 2 aromatic heterocycles. The van der Waals surface area contributed by atoms with Crippen LogP contribution in [0.15, 0.2) is 64.1 Å². The fraction of sp³-hybridized carbons (Fsp3) is 0.143. The van der Waals surface area contributed by atoms with Crippen molar-refractivity contribution in [1.29, 1.82) is 0 Å². The maximum atomic E-state index is 5.91. The first-order valence-electron chi connectivity index (χ1n) is 8.71. The first kappa shape index (κ1) is 18.7. The van der Waals surface area contributed by atoms with Crippen molar-refractivity contribution in [2.45, 2.75) is 24.6 Å². The quantitative estimate of drug-likeness (QED) is 0.391. The zero-order chi connectivity index (χ0) is 19.5. The summed E-state index contributed by atoms with van der Waals surface area (Å²) in [6.45, 7) is 4.19. The molecule has 0 bridgehead atoms. The first-order valence-corrected chi connectivity index (χ1v) is 10.1. The normalized spacial score (nSPS) is 11.0. The molecule has 0 saturated heterocycles. The SMILES string of the molecule is Cc1ccc(-c2ccc(SCc3nc(-c4ccc(Cl)cc4)no3)nn2)cc1C. The molecule has 0 spiro atoms. The highest BCUT2D eigenvalue weighted by Gasteiger charge is 2.10. The van der Waals surface area contributed by atoms with Gasteiger partial charge < -0.3 is 4.52 Å². The largest absolute Gasteiger partial charge is 0.338 e. The Hall–Kier alpha value is -2.70. The molecular weight excluding hydrogens is 392 g/mol. The molecule has 0 N–H and O–H groups in total. The molecule has 0 fully saturated rings. The van der Waals surface area contributed by atoms with Gasteiger partial charge in [0.25, 0.3) is 0 Å². The first-order chi connectivity index (χ1) is 13.6. The Labute approximate surface area is 172 Å². The number of aryl methyl sites for hydroxylation is 2. The summed E-state index contributed by atoms with van der Waals surface area (Å²) in [4.78, 5) is 4.42. The third-order valence-electron chi connectivity index (χ3n) is 4.36. The molecule has 140 valence electrons. The number of halogens is 1. The Morgan fingerprint density at radius 1 is 0.893 bits per heavy atom. The van der Waals surface area contributed by atoms with Gasteiger partial charge in [-0.05, 0) is 67.4 Å². The minimum Gasteiger partial charge on any atom is -0.338 e. The molecule has 0 amide bonds. The van der Waals surface area contributed by atoms with Crippen molar-refractivity contribution in [2.24, 2.45) is 0 Å². The number of aromatic nitrogens is 4. The second-order valence-electron chi connectivity index (χ2n) is 6.36. The van der Waals surface area contributed by atoms with Gasteiger partial charge in [-0.25, -0.2) is 0 Å². The van der Waals surface area contributed by atoms with Crippen LogP contribution in [-0.4, -0.2) is 20.3 Å². The Bertz CT molecular complexity index is 1090. The van der Waals surface area contributed by atoms with Crippen LogP contribution in [0.25, 0.3) is 22.6 Å². The lowest BCUT2D eigenvalue weighted by Gasteiger charge is -2.05. The van der Waals surface area contributed by atoms with Crippen molar-refractivity contribution >= 4 is 23.4 Å². The lowest BCUT2D eigenvalue weighted by molar-refractivity contribution is 0.391. The van der Waals surface area contributed by atoms with Crippen LogP contribution in [0.5, 0.6) is 0 Å². The van der Waals surface area contributed by atoms with Crippen LogP contribution in [0.1, 0.15) is 17.0 Å². The summed E-state index contributed by atoms with van der Waals surface area (Å²) in [5.41, 5.74) is 5.29. The van der Waals surface area contributed by atoms with Gasteiger partial charge in [0.05, 0.1) is 11.4 Å². The standard InChI is InChI=1S/C21H17ClN4OS/c1-13-3-4-16(11-14(13)2)18-9-10-20(25-24-18)28-12-19-23-21(26-27-19)15-5-7-17(22)8-6-15/h3-11H,12H2,1-2H3. The summed E-state index contributed by atoms with van der Waals surface area (Å²) in [5, 5.41) is 14.1. The second kappa shape index (κ2) is 8.12. The van der Waals surface area contributed by atoms with Gasteiger partial charge in [-0.2, -0.15) is 4.98 Å². The van der Waals surface area contributed by atoms with E-state index < -0.39 is 0 Å². The van der Waals surface area contributed by atoms with Crippen LogP contribution >= 0.6 is 23.4 Å². The molecule has 0 saturated carbocycles. The van der Waals surface area contributed by atoms with Crippen molar-refractivity contribution in [3.63, 3.8) is 0 Å². The minimum absolute atomic E-state index is 0.526. The number of hydrogen-bond donors (Lipinski definition) is 0. The number of benzene rings is 2. The van der Waals surface area contributed by atoms with Crippen molar-refractivity contribution in [1.82, 2.24) is 20.3 Å². The smallest absolute Gasteiger partial charge is 0.237 e. The topological polar surface area (TPSA) is 64.7 Å². The fourth-order valence-corrected chi connectivity index (χ4v) is 3.39. The summed E-state index contributed by atoms with van der Waals surface area (Å²) in [6, 6.07) is 17.6. The van der Waals surface area contributed by atoms with E-state index in [4.69, 9.17) is 16.1 Å². The zero-order valence-corrected chi connectivity index (χ0v) is 17.0. The van der Waals surface area contributed by atoms with E-state index in [0.717, 1.165) is 21.8 Å². The van der Waals surface area contributed by atoms with Crippen molar-refractivity contribution in [3.05, 3.63) is 76.6 Å². The van der Waals surface area contributed by atoms with E-state index in [0.29, 0.717) is 22.5 Å². The van der Waals surface area contributed by atoms with E-state index in [1.807, 2.05) is 24.3 Å². The molecule has 0 radical (unpaired) electrons. The Morgan fingerprint density at radius 2 is 1.68 bits per heavy atom. The van der Waals surface area contributed by atoms with Crippen LogP contribution in [0.4, 0.5) is 0 Å². The van der Waals surface area contributed by atoms with Crippen LogP contribution in [0.3, 0.4) is 0 Å². The highest BCUT2D eigenvalue weighted by atomic mass is 35.5. The van der Waals surface area contributed by atoms with E-state index in [1.165, 1.54) is 22.9 Å². The van der Waals surface area contributed by atoms with E-state index in [-0.39, 0.29) is 0 Å². The highest BCUT2D eigenvalue weighted by Crippen LogP contribution is 2.25. The number of hydrogen-bond acceptors (Lipinski definition) is 6. The lowest BCUT2D eigenvalue weighted by Crippen LogP contribution is -1.91. The van der Waals surface area contributed by atoms with Crippen LogP contribution < -0.4 is 0 Å². The Morgan fingerprint density at radius 3 is 2.39 bits per heavy atom. The molecule has 7 heteroatoms. The molecule has 0 unspecified atom stereocenters. The monoisotopic (exact) mass is 408 g/mol. The molecule has 2 heterocycles. The lowest BCUT2D eigenvalue weighted by atomic mass is 10.0. The van der Waals surface area contributed by atoms with E-state index in [2.05, 4.69) is 52.4 Å². The molecule has 4 rings (SSSR count). The van der Waals surface area contributed by atoms with Gasteiger partial charge in [0.1, 0.15) is 5.03 Å². The van der Waals surface area contributed by atoms with Gasteiger partial charge >= 0.3 is 0 Å². The van der Waals surface area contributed by atoms with Gasteiger partial charge in [0.15, 0.2) is 0 Å². The predicted octanol–water partition coefficient (Wildman–Crippen LogP) is 5.76. The number of rotatable bonds is 5. The number of thioether (sulfide) groups is 1. The molecular formula is C21H17ClN4OS. The minimum atomic E-state index is 0.526. The van der Waals surface area contributed by atoms with Crippen LogP contribution in [-0.2, 0) is 5.75 Å². The molecule has 0 atom stereocenters. The fourth-order valence-electron chi connectivity index (χ4n) is 2.62. The van der Waals surface area contributed by atoms with Crippen molar-refractivity contribution in [3.8, 4) is 22.6 Å². The third kappa shape index (κ3) is 4.24. The maximum Gasteiger partial charge on any atom is 0.237 e.